The minimum atomic E-state index is -1.89. The summed E-state index contributed by atoms with van der Waals surface area (Å²) in [4.78, 5) is 148. The van der Waals surface area contributed by atoms with Crippen LogP contribution in [-0.4, -0.2) is 189 Å². The van der Waals surface area contributed by atoms with Crippen molar-refractivity contribution in [2.24, 2.45) is 17.4 Å². The van der Waals surface area contributed by atoms with E-state index in [1.807, 2.05) is 0 Å². The quantitative estimate of drug-likeness (QED) is 0.0242. The Labute approximate surface area is 444 Å². The fourth-order valence-corrected chi connectivity index (χ4v) is 8.87. The molecule has 2 aromatic rings. The first-order chi connectivity index (χ1) is 36.5. The molecule has 0 radical (unpaired) electrons. The molecule has 0 saturated carbocycles. The number of aliphatic carboxylic acids is 2. The van der Waals surface area contributed by atoms with Gasteiger partial charge in [0.1, 0.15) is 42.5 Å². The van der Waals surface area contributed by atoms with E-state index in [1.165, 1.54) is 11.8 Å². The normalized spacial score (nSPS) is 18.9. The second kappa shape index (κ2) is 30.5. The van der Waals surface area contributed by atoms with Crippen LogP contribution >= 0.6 is 0 Å². The molecule has 0 aliphatic carbocycles. The second-order valence-corrected chi connectivity index (χ2v) is 19.7. The number of para-hydroxylation sites is 1. The van der Waals surface area contributed by atoms with Crippen molar-refractivity contribution in [1.29, 1.82) is 0 Å². The maximum absolute atomic E-state index is 14.4. The highest BCUT2D eigenvalue weighted by Gasteiger charge is 2.38. The number of benzene rings is 1. The largest absolute Gasteiger partial charge is 0.481 e. The number of H-pyrrole nitrogens is 1. The number of nitrogens with zero attached hydrogens (tertiary/aromatic N) is 1. The van der Waals surface area contributed by atoms with Gasteiger partial charge in [-0.15, -0.1) is 0 Å². The van der Waals surface area contributed by atoms with Crippen molar-refractivity contribution >= 4 is 76.0 Å². The first-order valence-electron chi connectivity index (χ1n) is 25.7. The van der Waals surface area contributed by atoms with Gasteiger partial charge in [-0.1, -0.05) is 32.0 Å². The van der Waals surface area contributed by atoms with Crippen molar-refractivity contribution < 1.29 is 73.2 Å². The summed E-state index contributed by atoms with van der Waals surface area (Å²) in [5.74, 6) is -10.5. The Morgan fingerprint density at radius 3 is 2.09 bits per heavy atom. The molecule has 28 heteroatoms. The molecule has 2 aliphatic rings. The number of unbranched alkanes of at least 4 members (excludes halogenated alkanes) is 1. The molecule has 9 amide bonds. The number of aliphatic hydroxyl groups excluding tert-OH is 2. The molecule has 2 saturated heterocycles. The number of amides is 9. The molecule has 28 nitrogen and oxygen atoms in total. The highest BCUT2D eigenvalue weighted by atomic mass is 16.4. The highest BCUT2D eigenvalue weighted by molar-refractivity contribution is 5.98. The van der Waals surface area contributed by atoms with E-state index in [2.05, 4.69) is 52.8 Å². The molecular weight excluding hydrogens is 1010 g/mol. The van der Waals surface area contributed by atoms with E-state index >= 15 is 0 Å². The van der Waals surface area contributed by atoms with Gasteiger partial charge in [-0.3, -0.25) is 53.3 Å². The fourth-order valence-electron chi connectivity index (χ4n) is 8.87. The molecule has 10 atom stereocenters. The Morgan fingerprint density at radius 2 is 1.44 bits per heavy atom. The summed E-state index contributed by atoms with van der Waals surface area (Å²) < 4.78 is 0. The third-order valence-electron chi connectivity index (χ3n) is 13.0. The Morgan fingerprint density at radius 1 is 0.779 bits per heavy atom. The van der Waals surface area contributed by atoms with Crippen LogP contribution in [0.25, 0.3) is 10.9 Å². The van der Waals surface area contributed by atoms with Gasteiger partial charge in [0, 0.05) is 43.0 Å². The predicted molar refractivity (Wildman–Crippen MR) is 274 cm³/mol. The van der Waals surface area contributed by atoms with Crippen LogP contribution in [0.15, 0.2) is 30.5 Å². The molecule has 2 fully saturated rings. The third-order valence-corrected chi connectivity index (χ3v) is 13.0. The van der Waals surface area contributed by atoms with Crippen LogP contribution in [0.5, 0.6) is 0 Å². The summed E-state index contributed by atoms with van der Waals surface area (Å²) in [6.07, 6.45) is -0.722. The summed E-state index contributed by atoms with van der Waals surface area (Å²) in [6, 6.07) is -3.28. The lowest BCUT2D eigenvalue weighted by molar-refractivity contribution is -0.144. The summed E-state index contributed by atoms with van der Waals surface area (Å²) in [6.45, 7) is 4.59. The molecule has 0 spiro atoms. The van der Waals surface area contributed by atoms with E-state index in [-0.39, 0.29) is 51.1 Å². The number of β-amino-alcohol motifs (C(OH)–C–C–N with tert-alkyl or cyclic N) is 1. The lowest BCUT2D eigenvalue weighted by Crippen LogP contribution is -2.60. The SMILES string of the molecule is CC(C)C[C@H](NC(=O)[C@H](Cc1c[nH]c2ccccc12)NC(=O)[C@H](CC(=O)O)NC(=O)[C@H](CCC(N)=O)NC(=O)CNC(=O)[C@@H]1C[C@@H](O)CN1)C(=O)N[C@@H](C)C(O)NCC(=O)N1CCC[C@H]1C(=O)N[C@@H](CCCCN)C(=O)O. The number of aromatic nitrogens is 1. The summed E-state index contributed by atoms with van der Waals surface area (Å²) >= 11 is 0. The monoisotopic (exact) mass is 1090 g/mol. The maximum atomic E-state index is 14.4. The molecule has 4 rings (SSSR count). The van der Waals surface area contributed by atoms with Gasteiger partial charge in [0.15, 0.2) is 0 Å². The first kappa shape index (κ1) is 62.3. The second-order valence-electron chi connectivity index (χ2n) is 19.7. The van der Waals surface area contributed by atoms with E-state index in [0.717, 1.165) is 0 Å². The molecule has 77 heavy (non-hydrogen) atoms. The molecule has 0 bridgehead atoms. The summed E-state index contributed by atoms with van der Waals surface area (Å²) in [5.41, 5.74) is 12.0. The van der Waals surface area contributed by atoms with Crippen LogP contribution < -0.4 is 59.3 Å². The molecular formula is C49H75N13O15. The number of carbonyl (C=O) groups excluding carboxylic acids is 9. The third kappa shape index (κ3) is 20.0. The number of hydrogen-bond donors (Lipinski definition) is 16. The Balaban J connectivity index is 1.47. The molecule has 1 unspecified atom stereocenters. The van der Waals surface area contributed by atoms with Crippen LogP contribution in [0.2, 0.25) is 0 Å². The van der Waals surface area contributed by atoms with Gasteiger partial charge in [-0.2, -0.15) is 0 Å². The van der Waals surface area contributed by atoms with E-state index < -0.39 is 158 Å². The van der Waals surface area contributed by atoms with Crippen molar-refractivity contribution in [1.82, 2.24) is 57.7 Å². The first-order valence-corrected chi connectivity index (χ1v) is 25.7. The number of fused-ring (bicyclic) bond motifs is 1. The number of carboxylic acid groups (broad SMARTS) is 2. The van der Waals surface area contributed by atoms with Crippen molar-refractivity contribution in [2.75, 3.05) is 32.7 Å². The van der Waals surface area contributed by atoms with Gasteiger partial charge in [0.2, 0.25) is 53.2 Å². The number of primary amides is 1. The maximum Gasteiger partial charge on any atom is 0.326 e. The van der Waals surface area contributed by atoms with E-state index in [1.54, 1.807) is 44.3 Å². The zero-order valence-corrected chi connectivity index (χ0v) is 43.4. The molecule has 18 N–H and O–H groups in total. The number of likely N-dealkylation sites (tertiary alicyclic amines) is 1. The molecule has 426 valence electrons. The minimum Gasteiger partial charge on any atom is -0.481 e. The molecule has 1 aromatic heterocycles. The zero-order chi connectivity index (χ0) is 56.9. The van der Waals surface area contributed by atoms with Crippen LogP contribution in [0, 0.1) is 5.92 Å². The van der Waals surface area contributed by atoms with Gasteiger partial charge in [-0.25, -0.2) is 4.79 Å². The Bertz CT molecular complexity index is 2420. The number of hydrogen-bond acceptors (Lipinski definition) is 16. The van der Waals surface area contributed by atoms with Gasteiger partial charge < -0.3 is 84.3 Å². The Kier molecular flexibility index (Phi) is 24.6. The lowest BCUT2D eigenvalue weighted by atomic mass is 10.00. The van der Waals surface area contributed by atoms with Crippen molar-refractivity contribution in [3.05, 3.63) is 36.0 Å². The van der Waals surface area contributed by atoms with Crippen LogP contribution in [0.1, 0.15) is 90.5 Å². The standard InChI is InChI=1S/C49H75N13O15/c1-25(2)17-34(45(72)56-26(3)42(69)55-24-40(66)62-16-8-12-37(62)48(75)58-32(49(76)77)11-6-7-15-50)59-46(73)35(18-27-21-52-30-10-5-4-9-29(27)30)60-47(74)36(20-41(67)68)61-44(71)31(13-14-38(51)64)57-39(65)23-54-43(70)33-19-28(63)22-53-33/h4-5,9-10,21,25-26,28,31-37,42,52-53,55,63,69H,6-8,11-20,22-24,50H2,1-3H3,(H2,51,64)(H,54,70)(H,56,72)(H,57,65)(H,58,75)(H,59,73)(H,60,74)(H,61,71)(H,67,68)(H,76,77)/t26-,28+,31-,32-,33-,34-,35-,36-,37-,42?/m0/s1. The zero-order valence-electron chi connectivity index (χ0n) is 43.4. The van der Waals surface area contributed by atoms with Gasteiger partial charge in [0.05, 0.1) is 37.7 Å². The average Bonchev–Trinajstić information content (AvgIpc) is 4.15. The molecule has 3 heterocycles. The number of rotatable bonds is 32. The van der Waals surface area contributed by atoms with Crippen LogP contribution in [-0.2, 0) is 59.2 Å². The predicted octanol–water partition coefficient (Wildman–Crippen LogP) is -4.62. The lowest BCUT2D eigenvalue weighted by Gasteiger charge is -2.29. The van der Waals surface area contributed by atoms with Crippen molar-refractivity contribution in [2.45, 2.75) is 152 Å². The van der Waals surface area contributed by atoms with Crippen molar-refractivity contribution in [3.8, 4) is 0 Å². The summed E-state index contributed by atoms with van der Waals surface area (Å²) in [7, 11) is 0. The number of nitrogens with one attached hydrogen (secondary N) is 10. The topological polar surface area (TPSA) is 448 Å². The van der Waals surface area contributed by atoms with Crippen LogP contribution in [0.3, 0.4) is 0 Å². The van der Waals surface area contributed by atoms with Gasteiger partial charge in [0.25, 0.3) is 0 Å². The van der Waals surface area contributed by atoms with Crippen molar-refractivity contribution in [3.63, 3.8) is 0 Å². The number of carboxylic acids is 2. The van der Waals surface area contributed by atoms with E-state index in [9.17, 15) is 73.2 Å². The van der Waals surface area contributed by atoms with Gasteiger partial charge >= 0.3 is 11.9 Å². The number of nitrogens with two attached hydrogens (primary N) is 2. The number of carbonyl (C=O) groups is 11. The molecule has 1 aromatic carbocycles. The summed E-state index contributed by atoms with van der Waals surface area (Å²) in [5, 5.41) is 63.7. The highest BCUT2D eigenvalue weighted by Crippen LogP contribution is 2.21. The Hall–Kier alpha value is -7.27. The number of aromatic amines is 1. The minimum absolute atomic E-state index is 0.0363. The molecule has 2 aliphatic heterocycles. The fraction of sp³-hybridized carbons (Fsp3) is 0.612. The van der Waals surface area contributed by atoms with Gasteiger partial charge in [-0.05, 0) is 82.4 Å². The van der Waals surface area contributed by atoms with E-state index in [4.69, 9.17) is 11.5 Å². The smallest absolute Gasteiger partial charge is 0.326 e. The average molecular weight is 1090 g/mol. The van der Waals surface area contributed by atoms with E-state index in [0.29, 0.717) is 42.3 Å². The number of aliphatic hydroxyl groups is 2. The van der Waals surface area contributed by atoms with Crippen LogP contribution in [0.4, 0.5) is 0 Å².